The predicted molar refractivity (Wildman–Crippen MR) is 72.2 cm³/mol. The molecule has 1 fully saturated rings. The molecule has 1 aliphatic rings. The maximum absolute atomic E-state index is 12.0. The Labute approximate surface area is 107 Å². The fourth-order valence-electron chi connectivity index (χ4n) is 1.94. The van der Waals surface area contributed by atoms with Gasteiger partial charge in [-0.3, -0.25) is 4.79 Å². The van der Waals surface area contributed by atoms with Gasteiger partial charge in [0.05, 0.1) is 0 Å². The van der Waals surface area contributed by atoms with E-state index < -0.39 is 0 Å². The molecule has 92 valence electrons. The van der Waals surface area contributed by atoms with Crippen LogP contribution in [-0.4, -0.2) is 29.1 Å². The average molecular weight is 249 g/mol. The molecule has 0 atom stereocenters. The lowest BCUT2D eigenvalue weighted by Gasteiger charge is -2.20. The van der Waals surface area contributed by atoms with Gasteiger partial charge in [-0.25, -0.2) is 0 Å². The largest absolute Gasteiger partial charge is 0.340 e. The van der Waals surface area contributed by atoms with Gasteiger partial charge in [0.15, 0.2) is 0 Å². The zero-order valence-electron chi connectivity index (χ0n) is 10.3. The van der Waals surface area contributed by atoms with Crippen LogP contribution in [0.5, 0.6) is 0 Å². The minimum Gasteiger partial charge on any atom is -0.340 e. The fourth-order valence-corrected chi connectivity index (χ4v) is 2.80. The van der Waals surface area contributed by atoms with Gasteiger partial charge in [0, 0.05) is 29.7 Å². The number of thioether (sulfide) groups is 1. The summed E-state index contributed by atoms with van der Waals surface area (Å²) in [5.41, 5.74) is 0. The summed E-state index contributed by atoms with van der Waals surface area (Å²) >= 11 is 1.76. The molecule has 0 heterocycles. The van der Waals surface area contributed by atoms with Crippen molar-refractivity contribution < 1.29 is 4.79 Å². The van der Waals surface area contributed by atoms with E-state index in [2.05, 4.69) is 19.1 Å². The predicted octanol–water partition coefficient (Wildman–Crippen LogP) is 3.18. The highest BCUT2D eigenvalue weighted by atomic mass is 32.2. The van der Waals surface area contributed by atoms with Crippen molar-refractivity contribution in [2.75, 3.05) is 12.3 Å². The van der Waals surface area contributed by atoms with Crippen LogP contribution in [0.1, 0.15) is 26.2 Å². The van der Waals surface area contributed by atoms with Crippen molar-refractivity contribution in [3.8, 4) is 0 Å². The third-order valence-electron chi connectivity index (χ3n) is 2.98. The summed E-state index contributed by atoms with van der Waals surface area (Å²) in [7, 11) is 0. The summed E-state index contributed by atoms with van der Waals surface area (Å²) in [6.07, 6.45) is 3.06. The van der Waals surface area contributed by atoms with Crippen molar-refractivity contribution in [1.29, 1.82) is 0 Å². The molecule has 1 saturated carbocycles. The Morgan fingerprint density at radius 2 is 2.06 bits per heavy atom. The van der Waals surface area contributed by atoms with Gasteiger partial charge < -0.3 is 4.90 Å². The van der Waals surface area contributed by atoms with Crippen molar-refractivity contribution in [3.05, 3.63) is 30.3 Å². The molecule has 2 rings (SSSR count). The Kier molecular flexibility index (Phi) is 4.49. The van der Waals surface area contributed by atoms with Crippen molar-refractivity contribution in [3.63, 3.8) is 0 Å². The van der Waals surface area contributed by atoms with Crippen LogP contribution < -0.4 is 0 Å². The van der Waals surface area contributed by atoms with Crippen LogP contribution in [0.25, 0.3) is 0 Å². The van der Waals surface area contributed by atoms with E-state index in [4.69, 9.17) is 0 Å². The van der Waals surface area contributed by atoms with Gasteiger partial charge in [-0.2, -0.15) is 0 Å². The summed E-state index contributed by atoms with van der Waals surface area (Å²) in [4.78, 5) is 15.2. The molecule has 0 saturated heterocycles. The van der Waals surface area contributed by atoms with E-state index in [1.54, 1.807) is 11.8 Å². The van der Waals surface area contributed by atoms with Gasteiger partial charge >= 0.3 is 0 Å². The first-order valence-electron chi connectivity index (χ1n) is 6.28. The Hall–Kier alpha value is -0.960. The molecule has 17 heavy (non-hydrogen) atoms. The maximum Gasteiger partial charge on any atom is 0.223 e. The number of carbonyl (C=O) groups is 1. The standard InChI is InChI=1S/C14H19NOS/c1-2-15(12-8-9-12)14(16)10-11-17-13-6-4-3-5-7-13/h3-7,12H,2,8-11H2,1H3. The molecular formula is C14H19NOS. The fraction of sp³-hybridized carbons (Fsp3) is 0.500. The van der Waals surface area contributed by atoms with Crippen LogP contribution in [0.15, 0.2) is 35.2 Å². The molecule has 0 N–H and O–H groups in total. The van der Waals surface area contributed by atoms with Gasteiger partial charge in [-0.1, -0.05) is 18.2 Å². The van der Waals surface area contributed by atoms with Gasteiger partial charge in [0.1, 0.15) is 0 Å². The van der Waals surface area contributed by atoms with E-state index in [9.17, 15) is 4.79 Å². The third-order valence-corrected chi connectivity index (χ3v) is 3.99. The minimum atomic E-state index is 0.318. The summed E-state index contributed by atoms with van der Waals surface area (Å²) in [6, 6.07) is 10.8. The Balaban J connectivity index is 1.72. The lowest BCUT2D eigenvalue weighted by Crippen LogP contribution is -2.32. The van der Waals surface area contributed by atoms with Gasteiger partial charge in [-0.05, 0) is 31.9 Å². The summed E-state index contributed by atoms with van der Waals surface area (Å²) in [5.74, 6) is 1.20. The average Bonchev–Trinajstić information content (AvgIpc) is 3.16. The zero-order valence-corrected chi connectivity index (χ0v) is 11.1. The van der Waals surface area contributed by atoms with Gasteiger partial charge in [0.2, 0.25) is 5.91 Å². The van der Waals surface area contributed by atoms with Crippen molar-refractivity contribution in [2.24, 2.45) is 0 Å². The lowest BCUT2D eigenvalue weighted by molar-refractivity contribution is -0.131. The quantitative estimate of drug-likeness (QED) is 0.722. The van der Waals surface area contributed by atoms with Crippen molar-refractivity contribution >= 4 is 17.7 Å². The number of hydrogen-bond donors (Lipinski definition) is 0. The molecule has 1 aromatic carbocycles. The molecule has 0 aliphatic heterocycles. The first kappa shape index (κ1) is 12.5. The molecular weight excluding hydrogens is 230 g/mol. The molecule has 0 aromatic heterocycles. The number of carbonyl (C=O) groups excluding carboxylic acids is 1. The molecule has 1 aliphatic carbocycles. The summed E-state index contributed by atoms with van der Waals surface area (Å²) in [6.45, 7) is 2.93. The summed E-state index contributed by atoms with van der Waals surface area (Å²) in [5, 5.41) is 0. The highest BCUT2D eigenvalue weighted by molar-refractivity contribution is 7.99. The van der Waals surface area contributed by atoms with Crippen LogP contribution in [0, 0.1) is 0 Å². The second-order valence-electron chi connectivity index (χ2n) is 4.32. The monoisotopic (exact) mass is 249 g/mol. The Bertz CT molecular complexity index is 362. The van der Waals surface area contributed by atoms with Gasteiger partial charge in [0.25, 0.3) is 0 Å². The first-order chi connectivity index (χ1) is 8.31. The lowest BCUT2D eigenvalue weighted by atomic mass is 10.3. The molecule has 0 radical (unpaired) electrons. The van der Waals surface area contributed by atoms with Crippen LogP contribution in [-0.2, 0) is 4.79 Å². The topological polar surface area (TPSA) is 20.3 Å². The highest BCUT2D eigenvalue weighted by Crippen LogP contribution is 2.27. The molecule has 1 amide bonds. The zero-order chi connectivity index (χ0) is 12.1. The third kappa shape index (κ3) is 3.77. The number of benzene rings is 1. The molecule has 0 bridgehead atoms. The number of nitrogens with zero attached hydrogens (tertiary/aromatic N) is 1. The van der Waals surface area contributed by atoms with E-state index in [0.717, 1.165) is 12.3 Å². The number of hydrogen-bond acceptors (Lipinski definition) is 2. The van der Waals surface area contributed by atoms with E-state index in [1.807, 2.05) is 23.1 Å². The smallest absolute Gasteiger partial charge is 0.223 e. The maximum atomic E-state index is 12.0. The van der Waals surface area contributed by atoms with Crippen LogP contribution >= 0.6 is 11.8 Å². The van der Waals surface area contributed by atoms with E-state index in [0.29, 0.717) is 18.4 Å². The highest BCUT2D eigenvalue weighted by Gasteiger charge is 2.30. The van der Waals surface area contributed by atoms with Crippen LogP contribution in [0.4, 0.5) is 0 Å². The second-order valence-corrected chi connectivity index (χ2v) is 5.49. The molecule has 3 heteroatoms. The molecule has 0 spiro atoms. The molecule has 1 aromatic rings. The normalized spacial score (nSPS) is 14.6. The van der Waals surface area contributed by atoms with Crippen LogP contribution in [0.2, 0.25) is 0 Å². The number of rotatable bonds is 6. The molecule has 0 unspecified atom stereocenters. The van der Waals surface area contributed by atoms with E-state index in [-0.39, 0.29) is 0 Å². The molecule has 2 nitrogen and oxygen atoms in total. The van der Waals surface area contributed by atoms with E-state index in [1.165, 1.54) is 17.7 Å². The SMILES string of the molecule is CCN(C(=O)CCSc1ccccc1)C1CC1. The van der Waals surface area contributed by atoms with Gasteiger partial charge in [-0.15, -0.1) is 11.8 Å². The van der Waals surface area contributed by atoms with Crippen molar-refractivity contribution in [2.45, 2.75) is 37.1 Å². The number of amides is 1. The van der Waals surface area contributed by atoms with Crippen LogP contribution in [0.3, 0.4) is 0 Å². The Morgan fingerprint density at radius 3 is 2.65 bits per heavy atom. The Morgan fingerprint density at radius 1 is 1.35 bits per heavy atom. The van der Waals surface area contributed by atoms with E-state index >= 15 is 0 Å². The first-order valence-corrected chi connectivity index (χ1v) is 7.27. The minimum absolute atomic E-state index is 0.318. The second kappa shape index (κ2) is 6.10. The summed E-state index contributed by atoms with van der Waals surface area (Å²) < 4.78 is 0. The van der Waals surface area contributed by atoms with Crippen molar-refractivity contribution in [1.82, 2.24) is 4.90 Å².